The van der Waals surface area contributed by atoms with Gasteiger partial charge in [-0.15, -0.1) is 0 Å². The Balaban J connectivity index is 1.82. The summed E-state index contributed by atoms with van der Waals surface area (Å²) in [6.45, 7) is 3.25. The van der Waals surface area contributed by atoms with Crippen molar-refractivity contribution >= 4 is 17.8 Å². The molecular weight excluding hydrogens is 230 g/mol. The van der Waals surface area contributed by atoms with Crippen molar-refractivity contribution in [1.82, 2.24) is 0 Å². The molecule has 0 fully saturated rings. The number of hydrogen-bond acceptors (Lipinski definition) is 1. The first kappa shape index (κ1) is 12.0. The molecule has 0 aliphatic carbocycles. The quantitative estimate of drug-likeness (QED) is 0.722. The summed E-state index contributed by atoms with van der Waals surface area (Å²) in [6, 6.07) is 15.4. The van der Waals surface area contributed by atoms with Gasteiger partial charge < -0.3 is 4.90 Å². The van der Waals surface area contributed by atoms with Gasteiger partial charge in [-0.3, -0.25) is 0 Å². The van der Waals surface area contributed by atoms with Gasteiger partial charge in [-0.05, 0) is 42.2 Å². The van der Waals surface area contributed by atoms with E-state index in [1.807, 2.05) is 0 Å². The molecule has 96 valence electrons. The topological polar surface area (TPSA) is 3.24 Å². The molecule has 0 aromatic heterocycles. The Hall–Kier alpha value is -2.02. The van der Waals surface area contributed by atoms with Crippen LogP contribution in [0.5, 0.6) is 0 Å². The Bertz CT molecular complexity index is 608. The molecule has 0 amide bonds. The first-order valence-corrected chi connectivity index (χ1v) is 6.81. The smallest absolute Gasteiger partial charge is 0.0397 e. The van der Waals surface area contributed by atoms with Crippen LogP contribution >= 0.6 is 0 Å². The monoisotopic (exact) mass is 249 g/mol. The molecule has 0 saturated heterocycles. The van der Waals surface area contributed by atoms with Gasteiger partial charge in [-0.1, -0.05) is 48.0 Å². The molecule has 2 aromatic rings. The molecule has 1 aliphatic heterocycles. The number of aryl methyl sites for hydroxylation is 1. The van der Waals surface area contributed by atoms with Crippen molar-refractivity contribution < 1.29 is 0 Å². The minimum absolute atomic E-state index is 1.14. The number of benzene rings is 2. The summed E-state index contributed by atoms with van der Waals surface area (Å²) in [5, 5.41) is 0. The van der Waals surface area contributed by atoms with Crippen molar-refractivity contribution in [2.45, 2.75) is 13.3 Å². The summed E-state index contributed by atoms with van der Waals surface area (Å²) in [5.41, 5.74) is 6.69. The van der Waals surface area contributed by atoms with Gasteiger partial charge in [0, 0.05) is 19.3 Å². The molecule has 0 bridgehead atoms. The number of rotatable bonds is 2. The summed E-state index contributed by atoms with van der Waals surface area (Å²) in [4.78, 5) is 2.32. The third-order valence-electron chi connectivity index (χ3n) is 3.78. The van der Waals surface area contributed by atoms with E-state index in [-0.39, 0.29) is 0 Å². The van der Waals surface area contributed by atoms with Crippen molar-refractivity contribution in [3.8, 4) is 0 Å². The summed E-state index contributed by atoms with van der Waals surface area (Å²) >= 11 is 0. The fraction of sp³-hybridized carbons (Fsp3) is 0.222. The number of hydrogen-bond donors (Lipinski definition) is 0. The lowest BCUT2D eigenvalue weighted by Gasteiger charge is -2.11. The van der Waals surface area contributed by atoms with E-state index in [4.69, 9.17) is 0 Å². The molecule has 3 rings (SSSR count). The predicted octanol–water partition coefficient (Wildman–Crippen LogP) is 4.16. The van der Waals surface area contributed by atoms with Crippen LogP contribution in [0.4, 0.5) is 5.69 Å². The second-order valence-electron chi connectivity index (χ2n) is 5.30. The van der Waals surface area contributed by atoms with E-state index in [9.17, 15) is 0 Å². The van der Waals surface area contributed by atoms with Gasteiger partial charge in [0.2, 0.25) is 0 Å². The maximum absolute atomic E-state index is 2.32. The average Bonchev–Trinajstić information content (AvgIpc) is 2.79. The van der Waals surface area contributed by atoms with Gasteiger partial charge in [0.25, 0.3) is 0 Å². The molecule has 0 N–H and O–H groups in total. The molecule has 19 heavy (non-hydrogen) atoms. The molecule has 0 saturated carbocycles. The first-order chi connectivity index (χ1) is 9.22. The molecular formula is C18H19N. The van der Waals surface area contributed by atoms with Crippen LogP contribution in [-0.2, 0) is 6.42 Å². The Kier molecular flexibility index (Phi) is 3.12. The predicted molar refractivity (Wildman–Crippen MR) is 83.5 cm³/mol. The fourth-order valence-electron chi connectivity index (χ4n) is 2.56. The van der Waals surface area contributed by atoms with Crippen LogP contribution in [0, 0.1) is 6.92 Å². The molecule has 0 atom stereocenters. The van der Waals surface area contributed by atoms with Gasteiger partial charge in [0.05, 0.1) is 0 Å². The average molecular weight is 249 g/mol. The summed E-state index contributed by atoms with van der Waals surface area (Å²) in [7, 11) is 2.16. The third-order valence-corrected chi connectivity index (χ3v) is 3.78. The van der Waals surface area contributed by atoms with Gasteiger partial charge in [0.1, 0.15) is 0 Å². The summed E-state index contributed by atoms with van der Waals surface area (Å²) in [5.74, 6) is 0. The first-order valence-electron chi connectivity index (χ1n) is 6.81. The van der Waals surface area contributed by atoms with Gasteiger partial charge >= 0.3 is 0 Å². The van der Waals surface area contributed by atoms with E-state index in [2.05, 4.69) is 73.5 Å². The van der Waals surface area contributed by atoms with Crippen molar-refractivity contribution in [3.63, 3.8) is 0 Å². The van der Waals surface area contributed by atoms with E-state index >= 15 is 0 Å². The minimum Gasteiger partial charge on any atom is -0.374 e. The minimum atomic E-state index is 1.14. The molecule has 1 aliphatic rings. The van der Waals surface area contributed by atoms with E-state index < -0.39 is 0 Å². The standard InChI is InChI=1S/C18H19N/c1-14-3-5-15(6-4-14)7-8-16-9-10-18-17(13-16)11-12-19(18)2/h3-10,13H,11-12H2,1-2H3. The Labute approximate surface area is 115 Å². The number of likely N-dealkylation sites (N-methyl/N-ethyl adjacent to an activating group) is 1. The third kappa shape index (κ3) is 2.55. The van der Waals surface area contributed by atoms with Crippen LogP contribution in [0.3, 0.4) is 0 Å². The molecule has 1 nitrogen and oxygen atoms in total. The maximum atomic E-state index is 2.32. The Morgan fingerprint density at radius 2 is 1.63 bits per heavy atom. The van der Waals surface area contributed by atoms with E-state index in [1.54, 1.807) is 0 Å². The Morgan fingerprint density at radius 3 is 2.42 bits per heavy atom. The van der Waals surface area contributed by atoms with Crippen molar-refractivity contribution in [2.24, 2.45) is 0 Å². The maximum Gasteiger partial charge on any atom is 0.0397 e. The van der Waals surface area contributed by atoms with Crippen LogP contribution in [0.15, 0.2) is 42.5 Å². The highest BCUT2D eigenvalue weighted by molar-refractivity contribution is 5.72. The summed E-state index contributed by atoms with van der Waals surface area (Å²) < 4.78 is 0. The molecule has 0 unspecified atom stereocenters. The van der Waals surface area contributed by atoms with E-state index in [0.29, 0.717) is 0 Å². The lowest BCUT2D eigenvalue weighted by molar-refractivity contribution is 0.956. The second-order valence-corrected chi connectivity index (χ2v) is 5.30. The van der Waals surface area contributed by atoms with Gasteiger partial charge in [-0.2, -0.15) is 0 Å². The lowest BCUT2D eigenvalue weighted by Crippen LogP contribution is -2.12. The van der Waals surface area contributed by atoms with Crippen LogP contribution < -0.4 is 4.90 Å². The molecule has 1 heterocycles. The van der Waals surface area contributed by atoms with Crippen LogP contribution in [0.2, 0.25) is 0 Å². The van der Waals surface area contributed by atoms with Gasteiger partial charge in [-0.25, -0.2) is 0 Å². The van der Waals surface area contributed by atoms with Crippen molar-refractivity contribution in [2.75, 3.05) is 18.5 Å². The van der Waals surface area contributed by atoms with Crippen LogP contribution in [-0.4, -0.2) is 13.6 Å². The van der Waals surface area contributed by atoms with Gasteiger partial charge in [0.15, 0.2) is 0 Å². The van der Waals surface area contributed by atoms with E-state index in [0.717, 1.165) is 13.0 Å². The number of fused-ring (bicyclic) bond motifs is 1. The Morgan fingerprint density at radius 1 is 0.947 bits per heavy atom. The number of nitrogens with zero attached hydrogens (tertiary/aromatic N) is 1. The normalized spacial score (nSPS) is 14.1. The van der Waals surface area contributed by atoms with E-state index in [1.165, 1.54) is 27.9 Å². The van der Waals surface area contributed by atoms with Crippen molar-refractivity contribution in [3.05, 3.63) is 64.7 Å². The highest BCUT2D eigenvalue weighted by atomic mass is 15.1. The lowest BCUT2D eigenvalue weighted by atomic mass is 10.1. The second kappa shape index (κ2) is 4.93. The number of anilines is 1. The molecule has 2 aromatic carbocycles. The summed E-state index contributed by atoms with van der Waals surface area (Å²) in [6.07, 6.45) is 5.54. The van der Waals surface area contributed by atoms with Crippen molar-refractivity contribution in [1.29, 1.82) is 0 Å². The molecule has 0 radical (unpaired) electrons. The SMILES string of the molecule is Cc1ccc(C=Cc2ccc3c(c2)CCN3C)cc1. The van der Waals surface area contributed by atoms with Crippen LogP contribution in [0.1, 0.15) is 22.3 Å². The highest BCUT2D eigenvalue weighted by Crippen LogP contribution is 2.27. The van der Waals surface area contributed by atoms with Crippen LogP contribution in [0.25, 0.3) is 12.2 Å². The zero-order valence-electron chi connectivity index (χ0n) is 11.6. The fourth-order valence-corrected chi connectivity index (χ4v) is 2.56. The largest absolute Gasteiger partial charge is 0.374 e. The zero-order valence-corrected chi connectivity index (χ0v) is 11.6. The highest BCUT2D eigenvalue weighted by Gasteiger charge is 2.14. The molecule has 0 spiro atoms. The zero-order chi connectivity index (χ0) is 13.2. The molecule has 1 heteroatoms.